The van der Waals surface area contributed by atoms with Crippen LogP contribution in [0.3, 0.4) is 0 Å². The number of benzene rings is 1. The number of imidazole rings is 1. The maximum absolute atomic E-state index is 12.7. The van der Waals surface area contributed by atoms with Crippen molar-refractivity contribution in [1.29, 1.82) is 0 Å². The molecule has 1 amide bonds. The van der Waals surface area contributed by atoms with E-state index in [1.807, 2.05) is 18.2 Å². The van der Waals surface area contributed by atoms with E-state index in [9.17, 15) is 13.2 Å². The Morgan fingerprint density at radius 3 is 2.58 bits per heavy atom. The van der Waals surface area contributed by atoms with Crippen LogP contribution in [0.1, 0.15) is 18.4 Å². The molecule has 1 aromatic heterocycles. The number of aromatic nitrogens is 2. The molecule has 0 bridgehead atoms. The number of hydrogen-bond acceptors (Lipinski definition) is 4. The Balaban J connectivity index is 1.62. The summed E-state index contributed by atoms with van der Waals surface area (Å²) in [7, 11) is -1.82. The van der Waals surface area contributed by atoms with Crippen LogP contribution < -0.4 is 0 Å². The summed E-state index contributed by atoms with van der Waals surface area (Å²) in [5.74, 6) is -0.141. The zero-order valence-electron chi connectivity index (χ0n) is 14.4. The molecule has 1 fully saturated rings. The summed E-state index contributed by atoms with van der Waals surface area (Å²) in [6.45, 7) is 0.806. The van der Waals surface area contributed by atoms with E-state index in [0.717, 1.165) is 5.56 Å². The van der Waals surface area contributed by atoms with Crippen LogP contribution in [-0.4, -0.2) is 47.1 Å². The van der Waals surface area contributed by atoms with Gasteiger partial charge in [0.25, 0.3) is 0 Å². The monoisotopic (exact) mass is 393 g/mol. The Labute approximate surface area is 158 Å². The summed E-state index contributed by atoms with van der Waals surface area (Å²) < 4.78 is 26.9. The van der Waals surface area contributed by atoms with E-state index in [-0.39, 0.29) is 11.1 Å². The van der Waals surface area contributed by atoms with E-state index in [1.165, 1.54) is 16.8 Å². The average Bonchev–Trinajstić information content (AvgIpc) is 3.08. The number of amides is 1. The predicted molar refractivity (Wildman–Crippen MR) is 100 cm³/mol. The van der Waals surface area contributed by atoms with Crippen molar-refractivity contribution in [3.63, 3.8) is 0 Å². The third-order valence-electron chi connectivity index (χ3n) is 4.53. The van der Waals surface area contributed by atoms with Crippen LogP contribution in [0.25, 0.3) is 6.08 Å². The van der Waals surface area contributed by atoms with Gasteiger partial charge in [-0.3, -0.25) is 4.79 Å². The highest BCUT2D eigenvalue weighted by atomic mass is 35.5. The molecule has 1 aliphatic rings. The van der Waals surface area contributed by atoms with Crippen LogP contribution in [0.15, 0.2) is 47.9 Å². The first-order chi connectivity index (χ1) is 12.4. The summed E-state index contributed by atoms with van der Waals surface area (Å²) in [4.78, 5) is 18.0. The highest BCUT2D eigenvalue weighted by Crippen LogP contribution is 2.24. The van der Waals surface area contributed by atoms with Crippen LogP contribution in [-0.2, 0) is 21.7 Å². The Morgan fingerprint density at radius 1 is 1.27 bits per heavy atom. The van der Waals surface area contributed by atoms with Gasteiger partial charge in [0.2, 0.25) is 20.9 Å². The Morgan fingerprint density at radius 2 is 1.96 bits per heavy atom. The molecule has 26 heavy (non-hydrogen) atoms. The molecular weight excluding hydrogens is 374 g/mol. The molecule has 1 aromatic carbocycles. The first-order valence-corrected chi connectivity index (χ1v) is 10.2. The van der Waals surface area contributed by atoms with Crippen LogP contribution in [0.4, 0.5) is 0 Å². The summed E-state index contributed by atoms with van der Waals surface area (Å²) in [6.07, 6.45) is 7.06. The Kier molecular flexibility index (Phi) is 5.48. The van der Waals surface area contributed by atoms with E-state index in [1.54, 1.807) is 30.3 Å². The maximum Gasteiger partial charge on any atom is 0.246 e. The van der Waals surface area contributed by atoms with Crippen molar-refractivity contribution in [2.75, 3.05) is 13.1 Å². The second-order valence-electron chi connectivity index (χ2n) is 6.25. The van der Waals surface area contributed by atoms with Gasteiger partial charge in [-0.1, -0.05) is 29.8 Å². The summed E-state index contributed by atoms with van der Waals surface area (Å²) in [6, 6.07) is 7.27. The number of piperidine rings is 1. The molecule has 8 heteroatoms. The molecular formula is C18H20ClN3O3S. The number of carbonyl (C=O) groups is 1. The molecule has 2 aromatic rings. The minimum Gasteiger partial charge on any atom is -0.339 e. The van der Waals surface area contributed by atoms with Crippen molar-refractivity contribution in [2.45, 2.75) is 23.2 Å². The lowest BCUT2D eigenvalue weighted by molar-refractivity contribution is -0.126. The van der Waals surface area contributed by atoms with Crippen LogP contribution in [0.5, 0.6) is 0 Å². The lowest BCUT2D eigenvalue weighted by atomic mass is 10.1. The highest BCUT2D eigenvalue weighted by molar-refractivity contribution is 7.91. The van der Waals surface area contributed by atoms with Crippen molar-refractivity contribution in [3.05, 3.63) is 53.3 Å². The number of likely N-dealkylation sites (tertiary alicyclic amines) is 1. The van der Waals surface area contributed by atoms with Crippen LogP contribution in [0, 0.1) is 0 Å². The molecule has 6 nitrogen and oxygen atoms in total. The van der Waals surface area contributed by atoms with E-state index >= 15 is 0 Å². The zero-order chi connectivity index (χ0) is 18.7. The molecule has 3 rings (SSSR count). The number of carbonyl (C=O) groups excluding carboxylic acids is 1. The van der Waals surface area contributed by atoms with Crippen molar-refractivity contribution in [1.82, 2.24) is 14.5 Å². The zero-order valence-corrected chi connectivity index (χ0v) is 15.9. The normalized spacial score (nSPS) is 16.3. The van der Waals surface area contributed by atoms with Gasteiger partial charge >= 0.3 is 0 Å². The second kappa shape index (κ2) is 7.63. The molecule has 0 N–H and O–H groups in total. The molecule has 1 saturated heterocycles. The molecule has 0 spiro atoms. The smallest absolute Gasteiger partial charge is 0.246 e. The lowest BCUT2D eigenvalue weighted by Crippen LogP contribution is -2.42. The van der Waals surface area contributed by atoms with E-state index in [2.05, 4.69) is 4.98 Å². The first-order valence-electron chi connectivity index (χ1n) is 8.32. The summed E-state index contributed by atoms with van der Waals surface area (Å²) in [5, 5.41) is 0.150. The standard InChI is InChI=1S/C18H20ClN3O3S/c1-21-13-10-20-18(21)26(24,25)15-8-11-22(12-9-15)17(23)7-6-14-4-2-3-5-16(14)19/h2-7,10,13,15H,8-9,11-12H2,1H3. The third-order valence-corrected chi connectivity index (χ3v) is 7.13. The minimum absolute atomic E-state index is 0.0842. The maximum atomic E-state index is 12.7. The summed E-state index contributed by atoms with van der Waals surface area (Å²) in [5.41, 5.74) is 0.773. The van der Waals surface area contributed by atoms with Crippen LogP contribution in [0.2, 0.25) is 5.02 Å². The van der Waals surface area contributed by atoms with Gasteiger partial charge in [-0.25, -0.2) is 13.4 Å². The van der Waals surface area contributed by atoms with Gasteiger partial charge < -0.3 is 9.47 Å². The fourth-order valence-corrected chi connectivity index (χ4v) is 5.04. The fraction of sp³-hybridized carbons (Fsp3) is 0.333. The Bertz CT molecular complexity index is 929. The van der Waals surface area contributed by atoms with Gasteiger partial charge in [-0.05, 0) is 30.5 Å². The number of sulfone groups is 1. The van der Waals surface area contributed by atoms with Crippen molar-refractivity contribution < 1.29 is 13.2 Å². The topological polar surface area (TPSA) is 72.3 Å². The largest absolute Gasteiger partial charge is 0.339 e. The number of hydrogen-bond donors (Lipinski definition) is 0. The van der Waals surface area contributed by atoms with Gasteiger partial charge in [0, 0.05) is 43.6 Å². The van der Waals surface area contributed by atoms with Gasteiger partial charge in [0.15, 0.2) is 0 Å². The quantitative estimate of drug-likeness (QED) is 0.748. The van der Waals surface area contributed by atoms with Crippen molar-refractivity contribution in [3.8, 4) is 0 Å². The molecule has 2 heterocycles. The SMILES string of the molecule is Cn1ccnc1S(=O)(=O)C1CCN(C(=O)C=Cc2ccccc2Cl)CC1. The number of rotatable bonds is 4. The van der Waals surface area contributed by atoms with Crippen LogP contribution >= 0.6 is 11.6 Å². The van der Waals surface area contributed by atoms with Gasteiger partial charge in [-0.15, -0.1) is 0 Å². The predicted octanol–water partition coefficient (Wildman–Crippen LogP) is 2.55. The molecule has 0 atom stereocenters. The lowest BCUT2D eigenvalue weighted by Gasteiger charge is -2.30. The molecule has 138 valence electrons. The summed E-state index contributed by atoms with van der Waals surface area (Å²) >= 11 is 6.07. The van der Waals surface area contributed by atoms with Crippen molar-refractivity contribution >= 4 is 33.4 Å². The number of aryl methyl sites for hydroxylation is 1. The molecule has 1 aliphatic heterocycles. The number of nitrogens with zero attached hydrogens (tertiary/aromatic N) is 3. The minimum atomic E-state index is -3.48. The molecule has 0 aliphatic carbocycles. The first kappa shape index (κ1) is 18.7. The molecule has 0 unspecified atom stereocenters. The Hall–Kier alpha value is -2.12. The highest BCUT2D eigenvalue weighted by Gasteiger charge is 2.34. The average molecular weight is 394 g/mol. The van der Waals surface area contributed by atoms with Gasteiger partial charge in [0.05, 0.1) is 5.25 Å². The second-order valence-corrected chi connectivity index (χ2v) is 8.77. The van der Waals surface area contributed by atoms with E-state index in [0.29, 0.717) is 31.0 Å². The third kappa shape index (κ3) is 3.83. The van der Waals surface area contributed by atoms with E-state index < -0.39 is 15.1 Å². The van der Waals surface area contributed by atoms with E-state index in [4.69, 9.17) is 11.6 Å². The fourth-order valence-electron chi connectivity index (χ4n) is 3.04. The van der Waals surface area contributed by atoms with Crippen molar-refractivity contribution in [2.24, 2.45) is 7.05 Å². The number of halogens is 1. The molecule has 0 radical (unpaired) electrons. The van der Waals surface area contributed by atoms with Gasteiger partial charge in [-0.2, -0.15) is 0 Å². The van der Waals surface area contributed by atoms with Gasteiger partial charge in [0.1, 0.15) is 0 Å². The molecule has 0 saturated carbocycles.